The van der Waals surface area contributed by atoms with Gasteiger partial charge in [0, 0.05) is 10.9 Å². The summed E-state index contributed by atoms with van der Waals surface area (Å²) in [7, 11) is 1.31. The molecule has 0 heterocycles. The van der Waals surface area contributed by atoms with Gasteiger partial charge < -0.3 is 4.74 Å². The van der Waals surface area contributed by atoms with Crippen LogP contribution in [0.4, 0.5) is 0 Å². The minimum Gasteiger partial charge on any atom is -0.468 e. The third kappa shape index (κ3) is 1.89. The molecule has 1 atom stereocenters. The maximum absolute atomic E-state index is 11.8. The first-order valence-electron chi connectivity index (χ1n) is 5.02. The van der Waals surface area contributed by atoms with Gasteiger partial charge in [0.15, 0.2) is 5.78 Å². The van der Waals surface area contributed by atoms with E-state index in [2.05, 4.69) is 20.7 Å². The standard InChI is InChI=1S/C12H11BrO3/c1-16-12(15)11-9-6-8(13)4-2-7(9)3-5-10(11)14/h2,4,6,11H,3,5H2,1H3. The second kappa shape index (κ2) is 4.37. The van der Waals surface area contributed by atoms with Crippen LogP contribution in [0.3, 0.4) is 0 Å². The van der Waals surface area contributed by atoms with E-state index in [1.54, 1.807) is 0 Å². The van der Waals surface area contributed by atoms with Crippen molar-refractivity contribution in [3.8, 4) is 0 Å². The molecule has 3 nitrogen and oxygen atoms in total. The van der Waals surface area contributed by atoms with E-state index in [0.717, 1.165) is 15.6 Å². The van der Waals surface area contributed by atoms with E-state index in [-0.39, 0.29) is 5.78 Å². The van der Waals surface area contributed by atoms with Crippen LogP contribution < -0.4 is 0 Å². The lowest BCUT2D eigenvalue weighted by Gasteiger charge is -2.22. The summed E-state index contributed by atoms with van der Waals surface area (Å²) < 4.78 is 5.55. The Morgan fingerprint density at radius 2 is 2.19 bits per heavy atom. The number of carbonyl (C=O) groups is 2. The molecule has 1 aromatic carbocycles. The van der Waals surface area contributed by atoms with Crippen LogP contribution in [-0.4, -0.2) is 18.9 Å². The van der Waals surface area contributed by atoms with Gasteiger partial charge in [-0.05, 0) is 29.7 Å². The SMILES string of the molecule is COC(=O)C1C(=O)CCc2ccc(Br)cc21. The Hall–Kier alpha value is -1.16. The number of ether oxygens (including phenoxy) is 1. The number of Topliss-reactive ketones (excluding diaryl/α,β-unsaturated/α-hetero) is 1. The number of esters is 1. The predicted octanol–water partition coefficient (Wildman–Crippen LogP) is 2.22. The van der Waals surface area contributed by atoms with Crippen LogP contribution >= 0.6 is 15.9 Å². The summed E-state index contributed by atoms with van der Waals surface area (Å²) in [5.41, 5.74) is 1.83. The fourth-order valence-electron chi connectivity index (χ4n) is 2.01. The highest BCUT2D eigenvalue weighted by Gasteiger charge is 2.34. The summed E-state index contributed by atoms with van der Waals surface area (Å²) in [6.07, 6.45) is 1.11. The first-order valence-corrected chi connectivity index (χ1v) is 5.81. The second-order valence-corrected chi connectivity index (χ2v) is 4.68. The van der Waals surface area contributed by atoms with Crippen molar-refractivity contribution in [3.05, 3.63) is 33.8 Å². The lowest BCUT2D eigenvalue weighted by Crippen LogP contribution is -2.28. The van der Waals surface area contributed by atoms with Crippen LogP contribution in [-0.2, 0) is 20.7 Å². The molecule has 0 saturated heterocycles. The van der Waals surface area contributed by atoms with Gasteiger partial charge >= 0.3 is 5.97 Å². The number of fused-ring (bicyclic) bond motifs is 1. The van der Waals surface area contributed by atoms with E-state index in [0.29, 0.717) is 12.8 Å². The average Bonchev–Trinajstić information content (AvgIpc) is 2.28. The molecule has 0 aromatic heterocycles. The zero-order valence-electron chi connectivity index (χ0n) is 8.83. The van der Waals surface area contributed by atoms with E-state index in [1.165, 1.54) is 7.11 Å². The fraction of sp³-hybridized carbons (Fsp3) is 0.333. The summed E-state index contributed by atoms with van der Waals surface area (Å²) in [6, 6.07) is 5.69. The molecule has 0 fully saturated rings. The first-order chi connectivity index (χ1) is 7.63. The van der Waals surface area contributed by atoms with Crippen LogP contribution in [0.5, 0.6) is 0 Å². The summed E-state index contributed by atoms with van der Waals surface area (Å²) in [5.74, 6) is -1.27. The molecule has 1 unspecified atom stereocenters. The molecule has 1 aliphatic rings. The van der Waals surface area contributed by atoms with Crippen LogP contribution in [0.15, 0.2) is 22.7 Å². The van der Waals surface area contributed by atoms with Crippen molar-refractivity contribution in [2.24, 2.45) is 0 Å². The fourth-order valence-corrected chi connectivity index (χ4v) is 2.39. The first kappa shape index (κ1) is 11.3. The Kier molecular flexibility index (Phi) is 3.10. The normalized spacial score (nSPS) is 19.1. The molecule has 2 rings (SSSR count). The average molecular weight is 283 g/mol. The van der Waals surface area contributed by atoms with Gasteiger partial charge in [-0.15, -0.1) is 0 Å². The Morgan fingerprint density at radius 3 is 2.88 bits per heavy atom. The number of methoxy groups -OCH3 is 1. The molecule has 0 bridgehead atoms. The molecule has 0 N–H and O–H groups in total. The van der Waals surface area contributed by atoms with Crippen molar-refractivity contribution < 1.29 is 14.3 Å². The highest BCUT2D eigenvalue weighted by atomic mass is 79.9. The number of hydrogen-bond donors (Lipinski definition) is 0. The number of aryl methyl sites for hydroxylation is 1. The molecule has 16 heavy (non-hydrogen) atoms. The molecule has 84 valence electrons. The van der Waals surface area contributed by atoms with Crippen molar-refractivity contribution in [1.29, 1.82) is 0 Å². The minimum absolute atomic E-state index is 0.0579. The van der Waals surface area contributed by atoms with Gasteiger partial charge in [-0.25, -0.2) is 0 Å². The van der Waals surface area contributed by atoms with E-state index in [9.17, 15) is 9.59 Å². The summed E-state index contributed by atoms with van der Waals surface area (Å²) in [4.78, 5) is 23.3. The number of benzene rings is 1. The van der Waals surface area contributed by atoms with Gasteiger partial charge in [0.05, 0.1) is 7.11 Å². The van der Waals surface area contributed by atoms with Gasteiger partial charge in [0.2, 0.25) is 0 Å². The van der Waals surface area contributed by atoms with Gasteiger partial charge in [-0.3, -0.25) is 9.59 Å². The number of ketones is 1. The molecule has 4 heteroatoms. The molecule has 1 aliphatic carbocycles. The van der Waals surface area contributed by atoms with Crippen molar-refractivity contribution in [2.45, 2.75) is 18.8 Å². The summed E-state index contributed by atoms with van der Waals surface area (Å²) >= 11 is 3.35. The highest BCUT2D eigenvalue weighted by molar-refractivity contribution is 9.10. The van der Waals surface area contributed by atoms with E-state index in [4.69, 9.17) is 0 Å². The molecule has 0 saturated carbocycles. The van der Waals surface area contributed by atoms with E-state index >= 15 is 0 Å². The third-order valence-electron chi connectivity index (χ3n) is 2.82. The maximum Gasteiger partial charge on any atom is 0.320 e. The second-order valence-electron chi connectivity index (χ2n) is 3.77. The number of rotatable bonds is 1. The molecule has 0 radical (unpaired) electrons. The maximum atomic E-state index is 11.8. The zero-order chi connectivity index (χ0) is 11.7. The summed E-state index contributed by atoms with van der Waals surface area (Å²) in [5, 5.41) is 0. The molecule has 0 amide bonds. The van der Waals surface area contributed by atoms with Crippen LogP contribution in [0.1, 0.15) is 23.5 Å². The van der Waals surface area contributed by atoms with Crippen LogP contribution in [0.2, 0.25) is 0 Å². The third-order valence-corrected chi connectivity index (χ3v) is 3.31. The highest BCUT2D eigenvalue weighted by Crippen LogP contribution is 2.32. The number of halogens is 1. The van der Waals surface area contributed by atoms with Crippen LogP contribution in [0.25, 0.3) is 0 Å². The van der Waals surface area contributed by atoms with Gasteiger partial charge in [0.1, 0.15) is 5.92 Å². The Balaban J connectivity index is 2.50. The zero-order valence-corrected chi connectivity index (χ0v) is 10.4. The van der Waals surface area contributed by atoms with Crippen molar-refractivity contribution in [1.82, 2.24) is 0 Å². The Bertz CT molecular complexity index is 454. The smallest absolute Gasteiger partial charge is 0.320 e. The minimum atomic E-state index is -0.744. The quantitative estimate of drug-likeness (QED) is 0.586. The number of carbonyl (C=O) groups excluding carboxylic acids is 2. The Labute approximate surface area is 102 Å². The van der Waals surface area contributed by atoms with Crippen molar-refractivity contribution in [3.63, 3.8) is 0 Å². The monoisotopic (exact) mass is 282 g/mol. The Morgan fingerprint density at radius 1 is 1.44 bits per heavy atom. The van der Waals surface area contributed by atoms with Gasteiger partial charge in [0.25, 0.3) is 0 Å². The van der Waals surface area contributed by atoms with Gasteiger partial charge in [-0.2, -0.15) is 0 Å². The van der Waals surface area contributed by atoms with Crippen molar-refractivity contribution >= 4 is 27.7 Å². The van der Waals surface area contributed by atoms with Crippen LogP contribution in [0, 0.1) is 0 Å². The summed E-state index contributed by atoms with van der Waals surface area (Å²) in [6.45, 7) is 0. The lowest BCUT2D eigenvalue weighted by atomic mass is 9.82. The molecular weight excluding hydrogens is 272 g/mol. The number of hydrogen-bond acceptors (Lipinski definition) is 3. The van der Waals surface area contributed by atoms with E-state index < -0.39 is 11.9 Å². The molecule has 0 spiro atoms. The van der Waals surface area contributed by atoms with Gasteiger partial charge in [-0.1, -0.05) is 22.0 Å². The van der Waals surface area contributed by atoms with E-state index in [1.807, 2.05) is 18.2 Å². The molecule has 0 aliphatic heterocycles. The van der Waals surface area contributed by atoms with Crippen molar-refractivity contribution in [2.75, 3.05) is 7.11 Å². The molecule has 1 aromatic rings. The topological polar surface area (TPSA) is 43.4 Å². The largest absolute Gasteiger partial charge is 0.468 e. The lowest BCUT2D eigenvalue weighted by molar-refractivity contribution is -0.146. The predicted molar refractivity (Wildman–Crippen MR) is 62.2 cm³/mol. The molecular formula is C12H11BrO3.